The standard InChI is InChI=1S/C29H40F2N2O3/c1-21-18-26(5-6-28(21)36-3)24-9-14-32(15-10-24)27(20-34)25-11-16-33(17-12-25)29(35)7-4-23(8-13-30)19-22(2)31/h4-8,18-19,24-25,27,34H,9-17,20H2,1-3H3/b7-4+,22-19+,23-8-. The number of rotatable bonds is 9. The molecule has 198 valence electrons. The van der Waals surface area contributed by atoms with Crippen LogP contribution in [0.2, 0.25) is 0 Å². The van der Waals surface area contributed by atoms with Gasteiger partial charge in [0, 0.05) is 25.2 Å². The average molecular weight is 503 g/mol. The summed E-state index contributed by atoms with van der Waals surface area (Å²) >= 11 is 0. The van der Waals surface area contributed by atoms with E-state index in [2.05, 4.69) is 30.0 Å². The lowest BCUT2D eigenvalue weighted by Gasteiger charge is -2.43. The molecule has 1 aromatic carbocycles. The van der Waals surface area contributed by atoms with Gasteiger partial charge < -0.3 is 14.7 Å². The summed E-state index contributed by atoms with van der Waals surface area (Å²) in [5, 5.41) is 10.2. The van der Waals surface area contributed by atoms with Crippen molar-refractivity contribution in [2.75, 3.05) is 46.6 Å². The molecule has 0 radical (unpaired) electrons. The zero-order valence-corrected chi connectivity index (χ0v) is 21.8. The molecule has 0 aliphatic carbocycles. The van der Waals surface area contributed by atoms with Gasteiger partial charge in [0.2, 0.25) is 5.91 Å². The number of alkyl halides is 1. The molecule has 3 rings (SSSR count). The number of carbonyl (C=O) groups excluding carboxylic acids is 1. The van der Waals surface area contributed by atoms with E-state index in [4.69, 9.17) is 4.74 Å². The van der Waals surface area contributed by atoms with Gasteiger partial charge in [-0.3, -0.25) is 9.69 Å². The number of aliphatic hydroxyl groups excluding tert-OH is 1. The number of hydrogen-bond donors (Lipinski definition) is 1. The second-order valence-electron chi connectivity index (χ2n) is 9.87. The molecule has 2 aliphatic rings. The first-order valence-electron chi connectivity index (χ1n) is 12.9. The number of amides is 1. The Bertz CT molecular complexity index is 955. The number of piperidine rings is 2. The fourth-order valence-corrected chi connectivity index (χ4v) is 5.55. The van der Waals surface area contributed by atoms with Gasteiger partial charge in [-0.05, 0) is 105 Å². The van der Waals surface area contributed by atoms with Crippen molar-refractivity contribution in [1.82, 2.24) is 9.80 Å². The molecule has 36 heavy (non-hydrogen) atoms. The largest absolute Gasteiger partial charge is 0.496 e. The molecular formula is C29H40F2N2O3. The Morgan fingerprint density at radius 2 is 1.86 bits per heavy atom. The summed E-state index contributed by atoms with van der Waals surface area (Å²) in [6.07, 6.45) is 9.08. The number of aryl methyl sites for hydroxylation is 1. The normalized spacial score (nSPS) is 20.2. The number of carbonyl (C=O) groups is 1. The van der Waals surface area contributed by atoms with Crippen molar-refractivity contribution in [3.8, 4) is 5.75 Å². The summed E-state index contributed by atoms with van der Waals surface area (Å²) in [5.74, 6) is 1.18. The van der Waals surface area contributed by atoms with Crippen LogP contribution in [0.25, 0.3) is 0 Å². The summed E-state index contributed by atoms with van der Waals surface area (Å²) in [6, 6.07) is 6.56. The molecule has 0 saturated carbocycles. The fourth-order valence-electron chi connectivity index (χ4n) is 5.55. The van der Waals surface area contributed by atoms with Crippen LogP contribution in [0.15, 0.2) is 53.9 Å². The quantitative estimate of drug-likeness (QED) is 0.377. The summed E-state index contributed by atoms with van der Waals surface area (Å²) in [4.78, 5) is 16.8. The van der Waals surface area contributed by atoms with Crippen molar-refractivity contribution >= 4 is 5.91 Å². The number of halogens is 2. The van der Waals surface area contributed by atoms with Crippen molar-refractivity contribution in [2.24, 2.45) is 5.92 Å². The van der Waals surface area contributed by atoms with Crippen molar-refractivity contribution in [2.45, 2.75) is 51.5 Å². The van der Waals surface area contributed by atoms with Crippen LogP contribution >= 0.6 is 0 Å². The summed E-state index contributed by atoms with van der Waals surface area (Å²) in [6.45, 7) is 5.90. The Labute approximate surface area is 214 Å². The number of likely N-dealkylation sites (tertiary alicyclic amines) is 2. The molecule has 1 N–H and O–H groups in total. The monoisotopic (exact) mass is 502 g/mol. The number of hydrogen-bond acceptors (Lipinski definition) is 4. The highest BCUT2D eigenvalue weighted by Gasteiger charge is 2.33. The molecule has 2 fully saturated rings. The Kier molecular flexibility index (Phi) is 10.7. The lowest BCUT2D eigenvalue weighted by molar-refractivity contribution is -0.127. The van der Waals surface area contributed by atoms with Crippen LogP contribution in [0.4, 0.5) is 8.78 Å². The molecule has 0 aromatic heterocycles. The zero-order chi connectivity index (χ0) is 26.1. The lowest BCUT2D eigenvalue weighted by Crippen LogP contribution is -2.50. The van der Waals surface area contributed by atoms with E-state index >= 15 is 0 Å². The Morgan fingerprint density at radius 1 is 1.17 bits per heavy atom. The van der Waals surface area contributed by atoms with Crippen LogP contribution in [0.3, 0.4) is 0 Å². The predicted molar refractivity (Wildman–Crippen MR) is 140 cm³/mol. The molecule has 1 unspecified atom stereocenters. The minimum Gasteiger partial charge on any atom is -0.496 e. The predicted octanol–water partition coefficient (Wildman–Crippen LogP) is 5.11. The molecule has 1 amide bonds. The van der Waals surface area contributed by atoms with E-state index in [1.54, 1.807) is 12.0 Å². The molecule has 5 nitrogen and oxygen atoms in total. The van der Waals surface area contributed by atoms with Crippen molar-refractivity contribution in [3.05, 3.63) is 65.0 Å². The van der Waals surface area contributed by atoms with Crippen LogP contribution in [0, 0.1) is 12.8 Å². The third kappa shape index (κ3) is 7.50. The van der Waals surface area contributed by atoms with E-state index in [1.165, 1.54) is 36.8 Å². The van der Waals surface area contributed by atoms with E-state index in [0.717, 1.165) is 50.1 Å². The highest BCUT2D eigenvalue weighted by Crippen LogP contribution is 2.33. The zero-order valence-electron chi connectivity index (χ0n) is 21.8. The van der Waals surface area contributed by atoms with Crippen LogP contribution in [-0.2, 0) is 4.79 Å². The molecule has 1 atom stereocenters. The molecule has 1 aromatic rings. The van der Waals surface area contributed by atoms with Crippen LogP contribution in [-0.4, -0.2) is 73.4 Å². The van der Waals surface area contributed by atoms with Gasteiger partial charge in [0.1, 0.15) is 12.4 Å². The van der Waals surface area contributed by atoms with Crippen molar-refractivity contribution in [3.63, 3.8) is 0 Å². The number of aliphatic hydroxyl groups is 1. The van der Waals surface area contributed by atoms with Crippen LogP contribution in [0.1, 0.15) is 49.7 Å². The smallest absolute Gasteiger partial charge is 0.246 e. The maximum atomic E-state index is 13.2. The minimum atomic E-state index is -0.720. The van der Waals surface area contributed by atoms with Gasteiger partial charge in [0.25, 0.3) is 0 Å². The Morgan fingerprint density at radius 3 is 2.42 bits per heavy atom. The summed E-state index contributed by atoms with van der Waals surface area (Å²) < 4.78 is 31.2. The molecular weight excluding hydrogens is 462 g/mol. The molecule has 2 aliphatic heterocycles. The van der Waals surface area contributed by atoms with Gasteiger partial charge in [-0.25, -0.2) is 8.78 Å². The van der Waals surface area contributed by atoms with Crippen molar-refractivity contribution in [1.29, 1.82) is 0 Å². The second-order valence-corrected chi connectivity index (χ2v) is 9.87. The summed E-state index contributed by atoms with van der Waals surface area (Å²) in [7, 11) is 1.70. The number of allylic oxidation sites excluding steroid dienone is 5. The van der Waals surface area contributed by atoms with Gasteiger partial charge in [0.15, 0.2) is 0 Å². The van der Waals surface area contributed by atoms with E-state index in [1.807, 2.05) is 0 Å². The number of ether oxygens (including phenoxy) is 1. The minimum absolute atomic E-state index is 0.105. The molecule has 2 heterocycles. The first kappa shape index (κ1) is 28.1. The highest BCUT2D eigenvalue weighted by molar-refractivity contribution is 5.88. The number of nitrogens with zero attached hydrogens (tertiary/aromatic N) is 2. The third-order valence-electron chi connectivity index (χ3n) is 7.57. The molecule has 2 saturated heterocycles. The molecule has 0 spiro atoms. The van der Waals surface area contributed by atoms with E-state index < -0.39 is 12.5 Å². The second kappa shape index (κ2) is 13.7. The first-order valence-corrected chi connectivity index (χ1v) is 12.9. The average Bonchev–Trinajstić information content (AvgIpc) is 2.88. The van der Waals surface area contributed by atoms with E-state index in [9.17, 15) is 18.7 Å². The Hall–Kier alpha value is -2.51. The number of benzene rings is 1. The number of methoxy groups -OCH3 is 1. The van der Waals surface area contributed by atoms with Gasteiger partial charge in [-0.15, -0.1) is 0 Å². The van der Waals surface area contributed by atoms with Gasteiger partial charge in [-0.2, -0.15) is 0 Å². The van der Waals surface area contributed by atoms with Crippen LogP contribution < -0.4 is 4.74 Å². The molecule has 0 bridgehead atoms. The maximum absolute atomic E-state index is 13.2. The fraction of sp³-hybridized carbons (Fsp3) is 0.552. The van der Waals surface area contributed by atoms with Gasteiger partial charge in [-0.1, -0.05) is 12.1 Å². The molecule has 7 heteroatoms. The van der Waals surface area contributed by atoms with Gasteiger partial charge in [0.05, 0.1) is 19.5 Å². The summed E-state index contributed by atoms with van der Waals surface area (Å²) in [5.41, 5.74) is 2.86. The van der Waals surface area contributed by atoms with E-state index in [0.29, 0.717) is 30.5 Å². The highest BCUT2D eigenvalue weighted by atomic mass is 19.1. The van der Waals surface area contributed by atoms with E-state index in [-0.39, 0.29) is 18.6 Å². The third-order valence-corrected chi connectivity index (χ3v) is 7.57. The SMILES string of the molecule is COc1ccc(C2CCN(C(CO)C3CCN(C(=O)/C=C/C(=C/CF)/C=C(\C)F)CC3)CC2)cc1C. The first-order chi connectivity index (χ1) is 17.4. The van der Waals surface area contributed by atoms with Crippen LogP contribution in [0.5, 0.6) is 5.75 Å². The van der Waals surface area contributed by atoms with Crippen molar-refractivity contribution < 1.29 is 23.4 Å². The maximum Gasteiger partial charge on any atom is 0.246 e. The topological polar surface area (TPSA) is 53.0 Å². The van der Waals surface area contributed by atoms with Gasteiger partial charge >= 0.3 is 0 Å². The Balaban J connectivity index is 1.51. The lowest BCUT2D eigenvalue weighted by atomic mass is 9.84.